The summed E-state index contributed by atoms with van der Waals surface area (Å²) >= 11 is 5.97. The van der Waals surface area contributed by atoms with Gasteiger partial charge in [-0.25, -0.2) is 0 Å². The molecule has 2 rings (SSSR count). The molecule has 1 aromatic carbocycles. The molecule has 1 fully saturated rings. The number of hydrogen-bond acceptors (Lipinski definition) is 2. The zero-order valence-corrected chi connectivity index (χ0v) is 12.3. The van der Waals surface area contributed by atoms with Crippen LogP contribution in [0.4, 0.5) is 0 Å². The fourth-order valence-corrected chi connectivity index (χ4v) is 2.66. The molecular formula is C15H21ClN2O. The highest BCUT2D eigenvalue weighted by Gasteiger charge is 2.24. The fraction of sp³-hybridized carbons (Fsp3) is 0.533. The van der Waals surface area contributed by atoms with Gasteiger partial charge in [0.25, 0.3) is 0 Å². The fourth-order valence-electron chi connectivity index (χ4n) is 2.46. The van der Waals surface area contributed by atoms with Gasteiger partial charge in [0.05, 0.1) is 6.04 Å². The monoisotopic (exact) mass is 280 g/mol. The zero-order valence-electron chi connectivity index (χ0n) is 11.5. The molecule has 0 saturated carbocycles. The molecule has 0 radical (unpaired) electrons. The van der Waals surface area contributed by atoms with Crippen molar-refractivity contribution in [3.8, 4) is 0 Å². The van der Waals surface area contributed by atoms with Crippen LogP contribution in [0.3, 0.4) is 0 Å². The number of amides is 1. The largest absolute Gasteiger partial charge is 0.349 e. The number of carbonyl (C=O) groups excluding carboxylic acids is 1. The molecule has 4 heteroatoms. The van der Waals surface area contributed by atoms with Crippen LogP contribution in [0.5, 0.6) is 0 Å². The van der Waals surface area contributed by atoms with Crippen molar-refractivity contribution in [3.63, 3.8) is 0 Å². The number of likely N-dealkylation sites (tertiary alicyclic amines) is 1. The Morgan fingerprint density at radius 2 is 2.11 bits per heavy atom. The molecule has 3 nitrogen and oxygen atoms in total. The van der Waals surface area contributed by atoms with Crippen molar-refractivity contribution in [2.75, 3.05) is 20.1 Å². The van der Waals surface area contributed by atoms with Gasteiger partial charge in [0.2, 0.25) is 5.91 Å². The smallest absolute Gasteiger partial charge is 0.223 e. The Hall–Kier alpha value is -1.06. The molecule has 1 aliphatic heterocycles. The molecule has 104 valence electrons. The molecule has 1 aliphatic rings. The van der Waals surface area contributed by atoms with E-state index in [0.717, 1.165) is 31.5 Å². The first-order valence-corrected chi connectivity index (χ1v) is 7.18. The highest BCUT2D eigenvalue weighted by Crippen LogP contribution is 2.20. The molecule has 1 heterocycles. The Kier molecular flexibility index (Phi) is 4.83. The molecule has 0 aromatic heterocycles. The van der Waals surface area contributed by atoms with E-state index in [4.69, 9.17) is 11.6 Å². The Bertz CT molecular complexity index is 442. The van der Waals surface area contributed by atoms with Gasteiger partial charge in [-0.3, -0.25) is 4.79 Å². The lowest BCUT2D eigenvalue weighted by Crippen LogP contribution is -2.39. The van der Waals surface area contributed by atoms with Gasteiger partial charge in [-0.2, -0.15) is 0 Å². The lowest BCUT2D eigenvalue weighted by Gasteiger charge is -2.29. The highest BCUT2D eigenvalue weighted by molar-refractivity contribution is 6.30. The molecule has 0 spiro atoms. The van der Waals surface area contributed by atoms with Crippen LogP contribution < -0.4 is 5.32 Å². The number of rotatable bonds is 3. The summed E-state index contributed by atoms with van der Waals surface area (Å²) < 4.78 is 0. The highest BCUT2D eigenvalue weighted by atomic mass is 35.5. The first-order valence-electron chi connectivity index (χ1n) is 6.80. The van der Waals surface area contributed by atoms with E-state index >= 15 is 0 Å². The number of hydrogen-bond donors (Lipinski definition) is 1. The summed E-state index contributed by atoms with van der Waals surface area (Å²) in [6, 6.07) is 7.66. The average Bonchev–Trinajstić information content (AvgIpc) is 2.39. The van der Waals surface area contributed by atoms with Crippen LogP contribution in [-0.2, 0) is 4.79 Å². The van der Waals surface area contributed by atoms with E-state index in [-0.39, 0.29) is 17.9 Å². The lowest BCUT2D eigenvalue weighted by molar-refractivity contribution is -0.127. The summed E-state index contributed by atoms with van der Waals surface area (Å²) in [5.74, 6) is 0.318. The Balaban J connectivity index is 1.91. The summed E-state index contributed by atoms with van der Waals surface area (Å²) in [5.41, 5.74) is 1.05. The van der Waals surface area contributed by atoms with Gasteiger partial charge >= 0.3 is 0 Å². The van der Waals surface area contributed by atoms with E-state index in [1.54, 1.807) is 0 Å². The third-order valence-corrected chi connectivity index (χ3v) is 4.03. The van der Waals surface area contributed by atoms with Gasteiger partial charge < -0.3 is 10.2 Å². The van der Waals surface area contributed by atoms with E-state index in [2.05, 4.69) is 17.3 Å². The summed E-state index contributed by atoms with van der Waals surface area (Å²) in [6.07, 6.45) is 1.90. The van der Waals surface area contributed by atoms with Crippen LogP contribution in [0, 0.1) is 5.92 Å². The van der Waals surface area contributed by atoms with Crippen LogP contribution in [0.2, 0.25) is 5.02 Å². The standard InChI is InChI=1S/C15H21ClN2O/c1-11(13-4-3-5-14(16)10-13)17-15(19)12-6-8-18(2)9-7-12/h3-5,10-12H,6-9H2,1-2H3,(H,17,19). The number of nitrogens with one attached hydrogen (secondary N) is 1. The number of halogens is 1. The first-order chi connectivity index (χ1) is 9.06. The third-order valence-electron chi connectivity index (χ3n) is 3.80. The topological polar surface area (TPSA) is 32.3 Å². The van der Waals surface area contributed by atoms with E-state index in [0.29, 0.717) is 5.02 Å². The van der Waals surface area contributed by atoms with Gasteiger partial charge in [-0.15, -0.1) is 0 Å². The second-order valence-electron chi connectivity index (χ2n) is 5.36. The number of nitrogens with zero attached hydrogens (tertiary/aromatic N) is 1. The minimum absolute atomic E-state index is 0.00542. The Morgan fingerprint density at radius 1 is 1.42 bits per heavy atom. The van der Waals surface area contributed by atoms with Gasteiger partial charge in [0, 0.05) is 10.9 Å². The van der Waals surface area contributed by atoms with Crippen LogP contribution in [-0.4, -0.2) is 30.9 Å². The van der Waals surface area contributed by atoms with Crippen molar-refractivity contribution in [2.45, 2.75) is 25.8 Å². The van der Waals surface area contributed by atoms with Crippen molar-refractivity contribution >= 4 is 17.5 Å². The van der Waals surface area contributed by atoms with Crippen LogP contribution >= 0.6 is 11.6 Å². The second kappa shape index (κ2) is 6.40. The molecule has 0 aliphatic carbocycles. The average molecular weight is 281 g/mol. The molecular weight excluding hydrogens is 260 g/mol. The minimum atomic E-state index is 0.00542. The maximum Gasteiger partial charge on any atom is 0.223 e. The Labute approximate surface area is 119 Å². The SMILES string of the molecule is CC(NC(=O)C1CCN(C)CC1)c1cccc(Cl)c1. The summed E-state index contributed by atoms with van der Waals surface area (Å²) in [5, 5.41) is 3.80. The maximum absolute atomic E-state index is 12.2. The van der Waals surface area contributed by atoms with Gasteiger partial charge in [0.1, 0.15) is 0 Å². The van der Waals surface area contributed by atoms with Crippen molar-refractivity contribution in [1.82, 2.24) is 10.2 Å². The minimum Gasteiger partial charge on any atom is -0.349 e. The first kappa shape index (κ1) is 14.4. The third kappa shape index (κ3) is 3.95. The second-order valence-corrected chi connectivity index (χ2v) is 5.80. The molecule has 0 bridgehead atoms. The van der Waals surface area contributed by atoms with Crippen molar-refractivity contribution in [2.24, 2.45) is 5.92 Å². The summed E-state index contributed by atoms with van der Waals surface area (Å²) in [4.78, 5) is 14.5. The molecule has 1 atom stereocenters. The van der Waals surface area contributed by atoms with E-state index < -0.39 is 0 Å². The Morgan fingerprint density at radius 3 is 2.74 bits per heavy atom. The number of piperidine rings is 1. The molecule has 1 N–H and O–H groups in total. The summed E-state index contributed by atoms with van der Waals surface area (Å²) in [6.45, 7) is 4.01. The zero-order chi connectivity index (χ0) is 13.8. The predicted octanol–water partition coefficient (Wildman–Crippen LogP) is 2.86. The van der Waals surface area contributed by atoms with Crippen LogP contribution in [0.15, 0.2) is 24.3 Å². The molecule has 1 aromatic rings. The molecule has 1 unspecified atom stereocenters. The normalized spacial score (nSPS) is 19.1. The quantitative estimate of drug-likeness (QED) is 0.923. The van der Waals surface area contributed by atoms with Crippen LogP contribution in [0.25, 0.3) is 0 Å². The van der Waals surface area contributed by atoms with Gasteiger partial charge in [0.15, 0.2) is 0 Å². The van der Waals surface area contributed by atoms with E-state index in [1.165, 1.54) is 0 Å². The van der Waals surface area contributed by atoms with Gasteiger partial charge in [-0.05, 0) is 57.6 Å². The van der Waals surface area contributed by atoms with Gasteiger partial charge in [-0.1, -0.05) is 23.7 Å². The van der Waals surface area contributed by atoms with Crippen molar-refractivity contribution in [3.05, 3.63) is 34.9 Å². The van der Waals surface area contributed by atoms with E-state index in [9.17, 15) is 4.79 Å². The van der Waals surface area contributed by atoms with Crippen molar-refractivity contribution in [1.29, 1.82) is 0 Å². The van der Waals surface area contributed by atoms with E-state index in [1.807, 2.05) is 31.2 Å². The molecule has 19 heavy (non-hydrogen) atoms. The van der Waals surface area contributed by atoms with Crippen molar-refractivity contribution < 1.29 is 4.79 Å². The number of carbonyl (C=O) groups is 1. The maximum atomic E-state index is 12.2. The van der Waals surface area contributed by atoms with Crippen LogP contribution in [0.1, 0.15) is 31.4 Å². The number of benzene rings is 1. The molecule has 1 amide bonds. The lowest BCUT2D eigenvalue weighted by atomic mass is 9.95. The predicted molar refractivity (Wildman–Crippen MR) is 78.2 cm³/mol. The summed E-state index contributed by atoms with van der Waals surface area (Å²) in [7, 11) is 2.10. The molecule has 1 saturated heterocycles.